The molecule has 0 bridgehead atoms. The topological polar surface area (TPSA) is 155 Å². The molecule has 4 rings (SSSR count). The van der Waals surface area contributed by atoms with Gasteiger partial charge in [0.25, 0.3) is 11.6 Å². The lowest BCUT2D eigenvalue weighted by atomic mass is 10.2. The van der Waals surface area contributed by atoms with Crippen LogP contribution in [0, 0.1) is 17.0 Å². The van der Waals surface area contributed by atoms with E-state index in [1.165, 1.54) is 10.7 Å². The molecule has 2 N–H and O–H groups in total. The summed E-state index contributed by atoms with van der Waals surface area (Å²) >= 11 is 0. The lowest BCUT2D eigenvalue weighted by Gasteiger charge is -2.16. The smallest absolute Gasteiger partial charge is 0.272 e. The predicted octanol–water partition coefficient (Wildman–Crippen LogP) is 3.87. The highest BCUT2D eigenvalue weighted by atomic mass is 32.2. The largest absolute Gasteiger partial charge is 0.437 e. The Bertz CT molecular complexity index is 1450. The molecule has 0 saturated carbocycles. The fraction of sp³-hybridized carbons (Fsp3) is 0.385. The van der Waals surface area contributed by atoms with Gasteiger partial charge >= 0.3 is 0 Å². The molecule has 13 heteroatoms. The highest BCUT2D eigenvalue weighted by Crippen LogP contribution is 2.35. The Labute approximate surface area is 226 Å². The van der Waals surface area contributed by atoms with Crippen LogP contribution in [0.2, 0.25) is 0 Å². The second-order valence-corrected chi connectivity index (χ2v) is 11.0. The molecule has 1 fully saturated rings. The number of nitrogens with zero attached hydrogens (tertiary/aromatic N) is 3. The first-order valence-electron chi connectivity index (χ1n) is 12.6. The van der Waals surface area contributed by atoms with Crippen LogP contribution in [0.1, 0.15) is 49.2 Å². The molecule has 39 heavy (non-hydrogen) atoms. The molecule has 12 nitrogen and oxygen atoms in total. The molecule has 0 spiro atoms. The zero-order valence-electron chi connectivity index (χ0n) is 21.9. The van der Waals surface area contributed by atoms with Crippen LogP contribution in [-0.4, -0.2) is 54.3 Å². The van der Waals surface area contributed by atoms with Crippen molar-refractivity contribution in [3.63, 3.8) is 0 Å². The highest BCUT2D eigenvalue weighted by molar-refractivity contribution is 7.89. The average Bonchev–Trinajstić information content (AvgIpc) is 3.56. The molecule has 2 aromatic carbocycles. The van der Waals surface area contributed by atoms with E-state index in [0.29, 0.717) is 30.8 Å². The zero-order valence-corrected chi connectivity index (χ0v) is 22.7. The molecule has 3 aromatic rings. The second-order valence-electron chi connectivity index (χ2n) is 9.29. The number of ether oxygens (including phenoxy) is 2. The van der Waals surface area contributed by atoms with E-state index in [2.05, 4.69) is 15.1 Å². The number of sulfonamides is 1. The maximum Gasteiger partial charge on any atom is 0.272 e. The van der Waals surface area contributed by atoms with E-state index in [4.69, 9.17) is 9.47 Å². The molecular formula is C26H31N5O7S. The van der Waals surface area contributed by atoms with Crippen molar-refractivity contribution in [1.29, 1.82) is 0 Å². The molecule has 0 aliphatic carbocycles. The summed E-state index contributed by atoms with van der Waals surface area (Å²) in [6.07, 6.45) is 2.24. The standard InChI is InChI=1S/C26H31N5O7S/c1-4-17(2)29-39(35,36)23-15-20(31(33)34)12-13-22(23)38-26-18(3)24(25(32)27-16-21-11-8-14-37-21)28-30(26)19-9-6-5-7-10-19/h5-7,9-10,12-13,15,17,21,29H,4,8,11,14,16H2,1-3H3,(H,27,32)/t17-,21+/m1/s1. The van der Waals surface area contributed by atoms with Gasteiger partial charge in [-0.3, -0.25) is 14.9 Å². The van der Waals surface area contributed by atoms with E-state index in [0.717, 1.165) is 25.0 Å². The number of benzene rings is 2. The van der Waals surface area contributed by atoms with Crippen LogP contribution in [0.25, 0.3) is 5.69 Å². The molecule has 1 amide bonds. The van der Waals surface area contributed by atoms with E-state index in [9.17, 15) is 23.3 Å². The maximum absolute atomic E-state index is 13.2. The van der Waals surface area contributed by atoms with Gasteiger partial charge in [-0.1, -0.05) is 25.1 Å². The first-order chi connectivity index (χ1) is 18.6. The fourth-order valence-electron chi connectivity index (χ4n) is 4.08. The third-order valence-corrected chi connectivity index (χ3v) is 8.01. The molecule has 1 aliphatic heterocycles. The van der Waals surface area contributed by atoms with E-state index in [1.54, 1.807) is 38.1 Å². The SMILES string of the molecule is CC[C@@H](C)NS(=O)(=O)c1cc([N+](=O)[O-])ccc1Oc1c(C)c(C(=O)NC[C@@H]2CCCO2)nn1-c1ccccc1. The van der Waals surface area contributed by atoms with Crippen LogP contribution in [-0.2, 0) is 14.8 Å². The summed E-state index contributed by atoms with van der Waals surface area (Å²) < 4.78 is 42.1. The zero-order chi connectivity index (χ0) is 28.2. The number of amides is 1. The van der Waals surface area contributed by atoms with Gasteiger partial charge in [-0.2, -0.15) is 9.78 Å². The Morgan fingerprint density at radius 1 is 1.28 bits per heavy atom. The van der Waals surface area contributed by atoms with E-state index >= 15 is 0 Å². The van der Waals surface area contributed by atoms with Gasteiger partial charge in [-0.15, -0.1) is 0 Å². The molecular weight excluding hydrogens is 526 g/mol. The number of carbonyl (C=O) groups excluding carboxylic acids is 1. The number of non-ortho nitro benzene ring substituents is 1. The van der Waals surface area contributed by atoms with E-state index in [1.807, 2.05) is 13.0 Å². The Hall–Kier alpha value is -3.81. The van der Waals surface area contributed by atoms with Gasteiger partial charge in [-0.25, -0.2) is 13.1 Å². The number of hydrogen-bond acceptors (Lipinski definition) is 8. The number of rotatable bonds is 11. The van der Waals surface area contributed by atoms with Gasteiger partial charge in [-0.05, 0) is 51.3 Å². The summed E-state index contributed by atoms with van der Waals surface area (Å²) in [5.41, 5.74) is 0.614. The molecule has 1 saturated heterocycles. The normalized spacial score (nSPS) is 16.1. The third kappa shape index (κ3) is 6.44. The van der Waals surface area contributed by atoms with Gasteiger partial charge in [0.15, 0.2) is 5.69 Å². The van der Waals surface area contributed by atoms with Gasteiger partial charge < -0.3 is 14.8 Å². The summed E-state index contributed by atoms with van der Waals surface area (Å²) in [4.78, 5) is 23.5. The lowest BCUT2D eigenvalue weighted by molar-refractivity contribution is -0.385. The van der Waals surface area contributed by atoms with Crippen LogP contribution in [0.4, 0.5) is 5.69 Å². The number of hydrogen-bond donors (Lipinski definition) is 2. The van der Waals surface area contributed by atoms with Crippen molar-refractivity contribution in [1.82, 2.24) is 19.8 Å². The van der Waals surface area contributed by atoms with Gasteiger partial charge in [0.1, 0.15) is 10.6 Å². The van der Waals surface area contributed by atoms with Crippen LogP contribution in [0.15, 0.2) is 53.4 Å². The number of nitro groups is 1. The van der Waals surface area contributed by atoms with E-state index in [-0.39, 0.29) is 23.4 Å². The first kappa shape index (κ1) is 28.2. The predicted molar refractivity (Wildman–Crippen MR) is 143 cm³/mol. The lowest BCUT2D eigenvalue weighted by Crippen LogP contribution is -2.32. The minimum atomic E-state index is -4.20. The van der Waals surface area contributed by atoms with Crippen LogP contribution in [0.3, 0.4) is 0 Å². The van der Waals surface area contributed by atoms with Gasteiger partial charge in [0.05, 0.1) is 16.7 Å². The summed E-state index contributed by atoms with van der Waals surface area (Å²) in [6.45, 7) is 6.13. The van der Waals surface area contributed by atoms with Crippen LogP contribution in [0.5, 0.6) is 11.6 Å². The molecule has 0 radical (unpaired) electrons. The van der Waals surface area contributed by atoms with Crippen molar-refractivity contribution in [3.05, 3.63) is 69.9 Å². The van der Waals surface area contributed by atoms with Crippen molar-refractivity contribution in [2.24, 2.45) is 0 Å². The molecule has 0 unspecified atom stereocenters. The Morgan fingerprint density at radius 2 is 2.03 bits per heavy atom. The average molecular weight is 558 g/mol. The number of para-hydroxylation sites is 1. The summed E-state index contributed by atoms with van der Waals surface area (Å²) in [7, 11) is -4.20. The van der Waals surface area contributed by atoms with Gasteiger partial charge in [0.2, 0.25) is 15.9 Å². The molecule has 2 heterocycles. The van der Waals surface area contributed by atoms with Crippen LogP contribution < -0.4 is 14.8 Å². The van der Waals surface area contributed by atoms with Gasteiger partial charge in [0, 0.05) is 36.9 Å². The molecule has 1 aromatic heterocycles. The first-order valence-corrected chi connectivity index (χ1v) is 14.1. The van der Waals surface area contributed by atoms with E-state index < -0.39 is 37.5 Å². The number of carbonyl (C=O) groups is 1. The molecule has 2 atom stereocenters. The fourth-order valence-corrected chi connectivity index (χ4v) is 5.55. The number of aromatic nitrogens is 2. The summed E-state index contributed by atoms with van der Waals surface area (Å²) in [6, 6.07) is 11.8. The summed E-state index contributed by atoms with van der Waals surface area (Å²) in [5, 5.41) is 18.8. The van der Waals surface area contributed by atoms with Crippen molar-refractivity contribution in [2.75, 3.05) is 13.2 Å². The Kier molecular flexibility index (Phi) is 8.63. The third-order valence-electron chi connectivity index (χ3n) is 6.40. The minimum absolute atomic E-state index is 0.0629. The Morgan fingerprint density at radius 3 is 2.67 bits per heavy atom. The number of nitro benzene ring substituents is 1. The minimum Gasteiger partial charge on any atom is -0.437 e. The highest BCUT2D eigenvalue weighted by Gasteiger charge is 2.29. The summed E-state index contributed by atoms with van der Waals surface area (Å²) in [5.74, 6) is -0.488. The monoisotopic (exact) mass is 557 g/mol. The van der Waals surface area contributed by atoms with Crippen molar-refractivity contribution in [3.8, 4) is 17.3 Å². The maximum atomic E-state index is 13.2. The molecule has 1 aliphatic rings. The van der Waals surface area contributed by atoms with Crippen LogP contribution >= 0.6 is 0 Å². The second kappa shape index (κ2) is 11.9. The molecule has 208 valence electrons. The van der Waals surface area contributed by atoms with Crippen molar-refractivity contribution < 1.29 is 27.6 Å². The Balaban J connectivity index is 1.77. The van der Waals surface area contributed by atoms with Crippen molar-refractivity contribution >= 4 is 21.6 Å². The van der Waals surface area contributed by atoms with Crippen molar-refractivity contribution in [2.45, 2.75) is 57.1 Å². The number of nitrogens with one attached hydrogen (secondary N) is 2. The quantitative estimate of drug-likeness (QED) is 0.266.